The number of fused-ring (bicyclic) bond motifs is 2. The minimum absolute atomic E-state index is 0.00806. The Morgan fingerprint density at radius 3 is 2.00 bits per heavy atom. The van der Waals surface area contributed by atoms with E-state index in [1.54, 1.807) is 40.8 Å². The van der Waals surface area contributed by atoms with Crippen molar-refractivity contribution in [3.8, 4) is 0 Å². The highest BCUT2D eigenvalue weighted by Crippen LogP contribution is 2.37. The van der Waals surface area contributed by atoms with Gasteiger partial charge in [-0.25, -0.2) is 0 Å². The molecule has 2 aromatic rings. The summed E-state index contributed by atoms with van der Waals surface area (Å²) in [6, 6.07) is 7.48. The average molecular weight is 493 g/mol. The molecule has 1 N–H and O–H groups in total. The summed E-state index contributed by atoms with van der Waals surface area (Å²) >= 11 is 4.78. The standard InChI is InChI=1S/C14H6BrIO5S/c15-8-5-9(22(19,20)21)12(16)11-10(8)13(17)6-3-1-2-4-7(6)14(11)18/h1-5H,(H,19,20,21). The Morgan fingerprint density at radius 2 is 1.50 bits per heavy atom. The van der Waals surface area contributed by atoms with E-state index in [1.807, 2.05) is 0 Å². The quantitative estimate of drug-likeness (QED) is 0.416. The maximum absolute atomic E-state index is 12.7. The molecule has 112 valence electrons. The monoisotopic (exact) mass is 492 g/mol. The van der Waals surface area contributed by atoms with E-state index in [2.05, 4.69) is 15.9 Å². The van der Waals surface area contributed by atoms with E-state index in [-0.39, 0.29) is 36.1 Å². The van der Waals surface area contributed by atoms with Crippen LogP contribution in [-0.2, 0) is 10.1 Å². The van der Waals surface area contributed by atoms with E-state index >= 15 is 0 Å². The van der Waals surface area contributed by atoms with Crippen LogP contribution in [0.5, 0.6) is 0 Å². The van der Waals surface area contributed by atoms with Crippen LogP contribution < -0.4 is 0 Å². The first-order chi connectivity index (χ1) is 10.2. The number of benzene rings is 2. The van der Waals surface area contributed by atoms with Crippen LogP contribution >= 0.6 is 38.5 Å². The van der Waals surface area contributed by atoms with E-state index in [0.717, 1.165) is 6.07 Å². The Bertz CT molecular complexity index is 965. The van der Waals surface area contributed by atoms with Crippen LogP contribution in [-0.4, -0.2) is 24.5 Å². The molecule has 3 rings (SSSR count). The minimum atomic E-state index is -4.51. The second-order valence-electron chi connectivity index (χ2n) is 4.60. The molecule has 0 spiro atoms. The van der Waals surface area contributed by atoms with Crippen LogP contribution in [0.25, 0.3) is 0 Å². The highest BCUT2D eigenvalue weighted by molar-refractivity contribution is 14.1. The third-order valence-corrected chi connectivity index (χ3v) is 6.32. The van der Waals surface area contributed by atoms with E-state index < -0.39 is 20.8 Å². The molecule has 1 aliphatic carbocycles. The first kappa shape index (κ1) is 15.8. The summed E-state index contributed by atoms with van der Waals surface area (Å²) < 4.78 is 32.4. The molecule has 0 amide bonds. The van der Waals surface area contributed by atoms with Gasteiger partial charge >= 0.3 is 0 Å². The molecule has 0 unspecified atom stereocenters. The topological polar surface area (TPSA) is 88.5 Å². The van der Waals surface area contributed by atoms with Crippen molar-refractivity contribution in [3.05, 3.63) is 60.6 Å². The summed E-state index contributed by atoms with van der Waals surface area (Å²) in [5.41, 5.74) is 0.597. The van der Waals surface area contributed by atoms with Gasteiger partial charge in [0.05, 0.1) is 0 Å². The molecular formula is C14H6BrIO5S. The number of rotatable bonds is 1. The zero-order valence-corrected chi connectivity index (χ0v) is 15.2. The lowest BCUT2D eigenvalue weighted by atomic mass is 9.84. The molecule has 8 heteroatoms. The molecule has 1 aliphatic rings. The van der Waals surface area contributed by atoms with Crippen molar-refractivity contribution in [2.45, 2.75) is 4.90 Å². The lowest BCUT2D eigenvalue weighted by Gasteiger charge is -2.20. The molecule has 2 aromatic carbocycles. The van der Waals surface area contributed by atoms with Crippen LogP contribution in [0.4, 0.5) is 0 Å². The second-order valence-corrected chi connectivity index (χ2v) is 7.92. The van der Waals surface area contributed by atoms with Crippen LogP contribution in [0.1, 0.15) is 31.8 Å². The summed E-state index contributed by atoms with van der Waals surface area (Å²) in [6.07, 6.45) is 0. The molecule has 0 fully saturated rings. The lowest BCUT2D eigenvalue weighted by molar-refractivity contribution is 0.0977. The van der Waals surface area contributed by atoms with Gasteiger partial charge in [0, 0.05) is 30.3 Å². The number of hydrogen-bond acceptors (Lipinski definition) is 4. The van der Waals surface area contributed by atoms with Gasteiger partial charge in [-0.05, 0) is 44.6 Å². The predicted octanol–water partition coefficient (Wildman–Crippen LogP) is 3.08. The molecule has 0 saturated heterocycles. The van der Waals surface area contributed by atoms with Crippen LogP contribution in [0.15, 0.2) is 39.7 Å². The smallest absolute Gasteiger partial charge is 0.289 e. The highest BCUT2D eigenvalue weighted by atomic mass is 127. The molecule has 0 radical (unpaired) electrons. The average Bonchev–Trinajstić information content (AvgIpc) is 2.45. The number of carbonyl (C=O) groups is 2. The molecular weight excluding hydrogens is 487 g/mol. The maximum Gasteiger partial charge on any atom is 0.295 e. The molecule has 5 nitrogen and oxygen atoms in total. The van der Waals surface area contributed by atoms with Crippen LogP contribution in [0.3, 0.4) is 0 Å². The van der Waals surface area contributed by atoms with Gasteiger partial charge in [0.1, 0.15) is 4.90 Å². The fraction of sp³-hybridized carbons (Fsp3) is 0. The number of halogens is 2. The Labute approximate surface area is 147 Å². The predicted molar refractivity (Wildman–Crippen MR) is 90.0 cm³/mol. The van der Waals surface area contributed by atoms with Crippen molar-refractivity contribution in [2.75, 3.05) is 0 Å². The number of hydrogen-bond donors (Lipinski definition) is 1. The molecule has 0 aromatic heterocycles. The summed E-state index contributed by atoms with van der Waals surface area (Å²) in [4.78, 5) is 24.8. The van der Waals surface area contributed by atoms with Gasteiger partial charge in [0.2, 0.25) is 0 Å². The second kappa shape index (κ2) is 5.22. The van der Waals surface area contributed by atoms with E-state index in [9.17, 15) is 22.6 Å². The van der Waals surface area contributed by atoms with Gasteiger partial charge in [-0.1, -0.05) is 24.3 Å². The van der Waals surface area contributed by atoms with E-state index in [0.29, 0.717) is 0 Å². The van der Waals surface area contributed by atoms with Gasteiger partial charge in [0.15, 0.2) is 11.6 Å². The molecule has 0 heterocycles. The zero-order valence-electron chi connectivity index (χ0n) is 10.6. The van der Waals surface area contributed by atoms with Crippen LogP contribution in [0, 0.1) is 3.57 Å². The Balaban J connectivity index is 2.44. The molecule has 0 atom stereocenters. The van der Waals surface area contributed by atoms with Gasteiger partial charge in [-0.15, -0.1) is 0 Å². The SMILES string of the molecule is O=C1c2ccccc2C(=O)c2c(I)c(S(=O)(=O)O)cc(Br)c21. The summed E-state index contributed by atoms with van der Waals surface area (Å²) in [6.45, 7) is 0. The largest absolute Gasteiger partial charge is 0.295 e. The zero-order chi connectivity index (χ0) is 16.2. The third kappa shape index (κ3) is 2.25. The first-order valence-corrected chi connectivity index (χ1v) is 9.22. The normalized spacial score (nSPS) is 13.8. The van der Waals surface area contributed by atoms with Crippen LogP contribution in [0.2, 0.25) is 0 Å². The van der Waals surface area contributed by atoms with Gasteiger partial charge in [-0.3, -0.25) is 14.1 Å². The number of carbonyl (C=O) groups excluding carboxylic acids is 2. The minimum Gasteiger partial charge on any atom is -0.289 e. The molecule has 0 bridgehead atoms. The summed E-state index contributed by atoms with van der Waals surface area (Å²) in [7, 11) is -4.51. The molecule has 0 aliphatic heterocycles. The van der Waals surface area contributed by atoms with Gasteiger partial charge in [-0.2, -0.15) is 8.42 Å². The van der Waals surface area contributed by atoms with Crippen molar-refractivity contribution in [3.63, 3.8) is 0 Å². The van der Waals surface area contributed by atoms with Crippen molar-refractivity contribution in [1.82, 2.24) is 0 Å². The summed E-state index contributed by atoms with van der Waals surface area (Å²) in [5.74, 6) is -0.808. The first-order valence-electron chi connectivity index (χ1n) is 5.91. The fourth-order valence-corrected chi connectivity index (χ4v) is 5.23. The molecule has 22 heavy (non-hydrogen) atoms. The fourth-order valence-electron chi connectivity index (χ4n) is 2.37. The van der Waals surface area contributed by atoms with Crippen molar-refractivity contribution >= 4 is 60.2 Å². The molecule has 0 saturated carbocycles. The van der Waals surface area contributed by atoms with Crippen molar-refractivity contribution < 1.29 is 22.6 Å². The number of ketones is 2. The van der Waals surface area contributed by atoms with E-state index in [4.69, 9.17) is 0 Å². The third-order valence-electron chi connectivity index (χ3n) is 3.33. The maximum atomic E-state index is 12.7. The van der Waals surface area contributed by atoms with Crippen molar-refractivity contribution in [2.24, 2.45) is 0 Å². The summed E-state index contributed by atoms with van der Waals surface area (Å²) in [5, 5.41) is 0. The van der Waals surface area contributed by atoms with Crippen molar-refractivity contribution in [1.29, 1.82) is 0 Å². The Morgan fingerprint density at radius 1 is 1.00 bits per heavy atom. The lowest BCUT2D eigenvalue weighted by Crippen LogP contribution is -2.24. The highest BCUT2D eigenvalue weighted by Gasteiger charge is 2.35. The van der Waals surface area contributed by atoms with Gasteiger partial charge in [0.25, 0.3) is 10.1 Å². The van der Waals surface area contributed by atoms with E-state index in [1.165, 1.54) is 6.07 Å². The van der Waals surface area contributed by atoms with Gasteiger partial charge < -0.3 is 0 Å². The Kier molecular flexibility index (Phi) is 3.75. The Hall–Kier alpha value is -1.10.